The van der Waals surface area contributed by atoms with E-state index in [2.05, 4.69) is 39.2 Å². The molecule has 1 fully saturated rings. The van der Waals surface area contributed by atoms with Crippen LogP contribution in [0.3, 0.4) is 0 Å². The minimum Gasteiger partial charge on any atom is -0.494 e. The van der Waals surface area contributed by atoms with Gasteiger partial charge in [-0.15, -0.1) is 0 Å². The molecule has 180 valence electrons. The molecule has 1 saturated heterocycles. The van der Waals surface area contributed by atoms with E-state index in [0.29, 0.717) is 29.4 Å². The summed E-state index contributed by atoms with van der Waals surface area (Å²) in [5.41, 5.74) is 1.55. The third-order valence-corrected chi connectivity index (χ3v) is 5.83. The molecule has 0 bridgehead atoms. The standard InChI is InChI=1S/C24H30N6O3S/c1-4-32-20-8-5-18(6-9-20)23-27-28-24(34)30(23)12-11-22(31)26-19-7-10-21(25-13-19)29-14-16(2)33-17(3)15-29/h5-10,13,16-17H,4,11-12,14-15H2,1-3H3,(H,26,31)(H,28,34). The van der Waals surface area contributed by atoms with E-state index in [4.69, 9.17) is 21.7 Å². The molecule has 10 heteroatoms. The zero-order valence-corrected chi connectivity index (χ0v) is 20.5. The molecule has 3 aromatic rings. The van der Waals surface area contributed by atoms with Crippen LogP contribution in [-0.4, -0.2) is 57.6 Å². The predicted molar refractivity (Wildman–Crippen MR) is 134 cm³/mol. The van der Waals surface area contributed by atoms with Crippen LogP contribution in [0.25, 0.3) is 11.4 Å². The van der Waals surface area contributed by atoms with Gasteiger partial charge < -0.3 is 19.7 Å². The van der Waals surface area contributed by atoms with E-state index < -0.39 is 0 Å². The molecule has 1 amide bonds. The summed E-state index contributed by atoms with van der Waals surface area (Å²) in [5.74, 6) is 2.23. The highest BCUT2D eigenvalue weighted by Crippen LogP contribution is 2.22. The second kappa shape index (κ2) is 10.8. The first-order valence-corrected chi connectivity index (χ1v) is 11.9. The maximum atomic E-state index is 12.6. The Morgan fingerprint density at radius 2 is 1.94 bits per heavy atom. The Morgan fingerprint density at radius 1 is 1.21 bits per heavy atom. The number of nitrogens with one attached hydrogen (secondary N) is 2. The lowest BCUT2D eigenvalue weighted by Crippen LogP contribution is -2.45. The van der Waals surface area contributed by atoms with E-state index in [1.807, 2.05) is 47.9 Å². The number of hydrogen-bond acceptors (Lipinski definition) is 7. The SMILES string of the molecule is CCOc1ccc(-c2n[nH]c(=S)n2CCC(=O)Nc2ccc(N3CC(C)OC(C)C3)nc2)cc1. The second-order valence-electron chi connectivity index (χ2n) is 8.33. The normalized spacial score (nSPS) is 18.0. The molecule has 9 nitrogen and oxygen atoms in total. The van der Waals surface area contributed by atoms with Crippen LogP contribution in [0.2, 0.25) is 0 Å². The van der Waals surface area contributed by atoms with Gasteiger partial charge in [0.25, 0.3) is 0 Å². The molecule has 34 heavy (non-hydrogen) atoms. The molecule has 4 rings (SSSR count). The third-order valence-electron chi connectivity index (χ3n) is 5.52. The molecule has 0 radical (unpaired) electrons. The van der Waals surface area contributed by atoms with Crippen molar-refractivity contribution in [2.45, 2.75) is 45.9 Å². The number of benzene rings is 1. The van der Waals surface area contributed by atoms with Gasteiger partial charge in [-0.25, -0.2) is 4.98 Å². The minimum absolute atomic E-state index is 0.121. The quantitative estimate of drug-likeness (QED) is 0.468. The maximum absolute atomic E-state index is 12.6. The van der Waals surface area contributed by atoms with Crippen LogP contribution in [0.1, 0.15) is 27.2 Å². The molecule has 3 heterocycles. The van der Waals surface area contributed by atoms with Gasteiger partial charge in [0, 0.05) is 31.6 Å². The van der Waals surface area contributed by atoms with E-state index in [9.17, 15) is 4.79 Å². The van der Waals surface area contributed by atoms with Gasteiger partial charge in [-0.3, -0.25) is 14.5 Å². The van der Waals surface area contributed by atoms with E-state index in [-0.39, 0.29) is 24.5 Å². The molecular weight excluding hydrogens is 452 g/mol. The van der Waals surface area contributed by atoms with Crippen LogP contribution in [0.15, 0.2) is 42.6 Å². The van der Waals surface area contributed by atoms with Crippen LogP contribution in [0, 0.1) is 4.77 Å². The van der Waals surface area contributed by atoms with Gasteiger partial charge in [-0.05, 0) is 69.4 Å². The van der Waals surface area contributed by atoms with E-state index in [0.717, 1.165) is 30.2 Å². The Labute approximate surface area is 204 Å². The van der Waals surface area contributed by atoms with Crippen molar-refractivity contribution in [1.82, 2.24) is 19.7 Å². The van der Waals surface area contributed by atoms with Crippen LogP contribution in [0.5, 0.6) is 5.75 Å². The van der Waals surface area contributed by atoms with Gasteiger partial charge in [-0.1, -0.05) is 0 Å². The number of amides is 1. The number of carbonyl (C=O) groups excluding carboxylic acids is 1. The molecule has 2 atom stereocenters. The number of ether oxygens (including phenoxy) is 2. The summed E-state index contributed by atoms with van der Waals surface area (Å²) in [7, 11) is 0. The number of anilines is 2. The number of carbonyl (C=O) groups is 1. The highest BCUT2D eigenvalue weighted by atomic mass is 32.1. The number of H-pyrrole nitrogens is 1. The van der Waals surface area contributed by atoms with Crippen LogP contribution in [-0.2, 0) is 16.1 Å². The van der Waals surface area contributed by atoms with Gasteiger partial charge in [0.15, 0.2) is 10.6 Å². The van der Waals surface area contributed by atoms with Crippen molar-refractivity contribution in [2.24, 2.45) is 0 Å². The van der Waals surface area contributed by atoms with Crippen LogP contribution in [0.4, 0.5) is 11.5 Å². The van der Waals surface area contributed by atoms with Crippen molar-refractivity contribution in [3.05, 3.63) is 47.4 Å². The lowest BCUT2D eigenvalue weighted by Gasteiger charge is -2.36. The third kappa shape index (κ3) is 5.81. The van der Waals surface area contributed by atoms with Gasteiger partial charge >= 0.3 is 0 Å². The Kier molecular flexibility index (Phi) is 7.59. The average Bonchev–Trinajstić information content (AvgIpc) is 3.18. The second-order valence-corrected chi connectivity index (χ2v) is 8.71. The molecule has 2 unspecified atom stereocenters. The molecule has 2 aromatic heterocycles. The van der Waals surface area contributed by atoms with Crippen molar-refractivity contribution in [3.63, 3.8) is 0 Å². The number of aromatic amines is 1. The summed E-state index contributed by atoms with van der Waals surface area (Å²) in [6, 6.07) is 11.4. The summed E-state index contributed by atoms with van der Waals surface area (Å²) in [6.45, 7) is 8.67. The zero-order chi connectivity index (χ0) is 24.1. The number of morpholine rings is 1. The van der Waals surface area contributed by atoms with Gasteiger partial charge in [0.05, 0.1) is 30.7 Å². The first kappa shape index (κ1) is 23.9. The van der Waals surface area contributed by atoms with Crippen LogP contribution >= 0.6 is 12.2 Å². The summed E-state index contributed by atoms with van der Waals surface area (Å²) >= 11 is 5.38. The number of hydrogen-bond donors (Lipinski definition) is 2. The van der Waals surface area contributed by atoms with Crippen LogP contribution < -0.4 is 15.0 Å². The number of rotatable bonds is 8. The van der Waals surface area contributed by atoms with Crippen molar-refractivity contribution in [1.29, 1.82) is 0 Å². The van der Waals surface area contributed by atoms with Gasteiger partial charge in [-0.2, -0.15) is 5.10 Å². The first-order valence-electron chi connectivity index (χ1n) is 11.5. The van der Waals surface area contributed by atoms with E-state index in [1.165, 1.54) is 0 Å². The molecule has 1 aromatic carbocycles. The maximum Gasteiger partial charge on any atom is 0.226 e. The lowest BCUT2D eigenvalue weighted by molar-refractivity contribution is -0.116. The van der Waals surface area contributed by atoms with Gasteiger partial charge in [0.1, 0.15) is 11.6 Å². The molecule has 0 saturated carbocycles. The number of nitrogens with zero attached hydrogens (tertiary/aromatic N) is 4. The molecule has 1 aliphatic heterocycles. The summed E-state index contributed by atoms with van der Waals surface area (Å²) in [5, 5.41) is 10.1. The Hall–Kier alpha value is -3.24. The molecule has 0 spiro atoms. The fourth-order valence-corrected chi connectivity index (χ4v) is 4.28. The van der Waals surface area contributed by atoms with E-state index in [1.54, 1.807) is 6.20 Å². The Bertz CT molecular complexity index is 1150. The van der Waals surface area contributed by atoms with Gasteiger partial charge in [0.2, 0.25) is 5.91 Å². The number of aromatic nitrogens is 4. The smallest absolute Gasteiger partial charge is 0.226 e. The summed E-state index contributed by atoms with van der Waals surface area (Å²) in [4.78, 5) is 19.3. The highest BCUT2D eigenvalue weighted by Gasteiger charge is 2.23. The zero-order valence-electron chi connectivity index (χ0n) is 19.7. The topological polar surface area (TPSA) is 97.3 Å². The van der Waals surface area contributed by atoms with Crippen molar-refractivity contribution in [3.8, 4) is 17.1 Å². The fourth-order valence-electron chi connectivity index (χ4n) is 4.06. The number of pyridine rings is 1. The molecule has 1 aliphatic rings. The van der Waals surface area contributed by atoms with Crippen molar-refractivity contribution >= 4 is 29.6 Å². The summed E-state index contributed by atoms with van der Waals surface area (Å²) < 4.78 is 13.6. The first-order chi connectivity index (χ1) is 16.4. The predicted octanol–water partition coefficient (Wildman–Crippen LogP) is 4.04. The monoisotopic (exact) mass is 482 g/mol. The Balaban J connectivity index is 1.35. The average molecular weight is 483 g/mol. The largest absolute Gasteiger partial charge is 0.494 e. The van der Waals surface area contributed by atoms with Crippen molar-refractivity contribution in [2.75, 3.05) is 29.9 Å². The van der Waals surface area contributed by atoms with E-state index >= 15 is 0 Å². The molecule has 0 aliphatic carbocycles. The minimum atomic E-state index is -0.121. The molecular formula is C24H30N6O3S. The Morgan fingerprint density at radius 3 is 2.59 bits per heavy atom. The van der Waals surface area contributed by atoms with Crippen molar-refractivity contribution < 1.29 is 14.3 Å². The molecule has 2 N–H and O–H groups in total. The highest BCUT2D eigenvalue weighted by molar-refractivity contribution is 7.71. The lowest BCUT2D eigenvalue weighted by atomic mass is 10.2. The fraction of sp³-hybridized carbons (Fsp3) is 0.417. The summed E-state index contributed by atoms with van der Waals surface area (Å²) in [6.07, 6.45) is 2.25.